The van der Waals surface area contributed by atoms with Crippen LogP contribution in [0.5, 0.6) is 0 Å². The Labute approximate surface area is 98.2 Å². The number of hydrogen-bond donors (Lipinski definition) is 2. The van der Waals surface area contributed by atoms with Crippen molar-refractivity contribution in [2.24, 2.45) is 0 Å². The van der Waals surface area contributed by atoms with E-state index in [1.165, 1.54) is 18.2 Å². The molecule has 0 aliphatic carbocycles. The molecule has 5 heteroatoms. The van der Waals surface area contributed by atoms with Crippen LogP contribution in [-0.2, 0) is 4.79 Å². The summed E-state index contributed by atoms with van der Waals surface area (Å²) in [6.45, 7) is 0.503. The van der Waals surface area contributed by atoms with Gasteiger partial charge in [-0.15, -0.1) is 0 Å². The maximum absolute atomic E-state index is 13.5. The molecule has 1 aromatic rings. The second-order valence-electron chi connectivity index (χ2n) is 3.45. The number of rotatable bonds is 5. The highest BCUT2D eigenvalue weighted by Gasteiger charge is 2.22. The Morgan fingerprint density at radius 1 is 1.62 bits per heavy atom. The van der Waals surface area contributed by atoms with Crippen molar-refractivity contribution in [1.29, 1.82) is 0 Å². The van der Waals surface area contributed by atoms with E-state index in [1.54, 1.807) is 7.05 Å². The van der Waals surface area contributed by atoms with Gasteiger partial charge in [-0.3, -0.25) is 4.79 Å². The lowest BCUT2D eigenvalue weighted by molar-refractivity contribution is -0.139. The number of carboxylic acid groups (broad SMARTS) is 1. The molecule has 1 atom stereocenters. The third-order valence-corrected chi connectivity index (χ3v) is 2.55. The standard InChI is InChI=1S/C11H13ClFNO2/c1-14-5-4-8(11(15)16)9-6-7(12)2-3-10(9)13/h2-3,6,8,14H,4-5H2,1H3,(H,15,16). The van der Waals surface area contributed by atoms with Crippen LogP contribution in [0.1, 0.15) is 17.9 Å². The Morgan fingerprint density at radius 2 is 2.31 bits per heavy atom. The maximum atomic E-state index is 13.5. The highest BCUT2D eigenvalue weighted by molar-refractivity contribution is 6.30. The topological polar surface area (TPSA) is 49.3 Å². The number of benzene rings is 1. The quantitative estimate of drug-likeness (QED) is 0.837. The monoisotopic (exact) mass is 245 g/mol. The molecule has 2 N–H and O–H groups in total. The molecule has 3 nitrogen and oxygen atoms in total. The summed E-state index contributed by atoms with van der Waals surface area (Å²) < 4.78 is 13.5. The number of halogens is 2. The Morgan fingerprint density at radius 3 is 2.88 bits per heavy atom. The molecule has 0 bridgehead atoms. The van der Waals surface area contributed by atoms with Crippen LogP contribution in [0.2, 0.25) is 5.02 Å². The average Bonchev–Trinajstić information content (AvgIpc) is 2.23. The molecule has 0 amide bonds. The molecule has 0 aliphatic rings. The first kappa shape index (κ1) is 12.9. The van der Waals surface area contributed by atoms with Crippen LogP contribution in [0.15, 0.2) is 18.2 Å². The average molecular weight is 246 g/mol. The van der Waals surface area contributed by atoms with Gasteiger partial charge >= 0.3 is 5.97 Å². The number of aliphatic carboxylic acids is 1. The summed E-state index contributed by atoms with van der Waals surface area (Å²) in [6, 6.07) is 3.95. The highest BCUT2D eigenvalue weighted by Crippen LogP contribution is 2.25. The van der Waals surface area contributed by atoms with Crippen molar-refractivity contribution in [1.82, 2.24) is 5.32 Å². The van der Waals surface area contributed by atoms with Crippen molar-refractivity contribution in [2.75, 3.05) is 13.6 Å². The molecule has 0 aliphatic heterocycles. The van der Waals surface area contributed by atoms with Gasteiger partial charge in [0.25, 0.3) is 0 Å². The smallest absolute Gasteiger partial charge is 0.311 e. The predicted octanol–water partition coefficient (Wildman–Crippen LogP) is 2.26. The van der Waals surface area contributed by atoms with E-state index >= 15 is 0 Å². The predicted molar refractivity (Wildman–Crippen MR) is 60.3 cm³/mol. The summed E-state index contributed by atoms with van der Waals surface area (Å²) in [5, 5.41) is 12.2. The molecule has 1 rings (SSSR count). The lowest BCUT2D eigenvalue weighted by Crippen LogP contribution is -2.19. The summed E-state index contributed by atoms with van der Waals surface area (Å²) in [6.07, 6.45) is 0.323. The number of carbonyl (C=O) groups is 1. The maximum Gasteiger partial charge on any atom is 0.311 e. The summed E-state index contributed by atoms with van der Waals surface area (Å²) in [5.74, 6) is -2.45. The van der Waals surface area contributed by atoms with Crippen molar-refractivity contribution >= 4 is 17.6 Å². The number of carboxylic acids is 1. The van der Waals surface area contributed by atoms with Crippen LogP contribution in [-0.4, -0.2) is 24.7 Å². The van der Waals surface area contributed by atoms with E-state index in [0.29, 0.717) is 18.0 Å². The molecule has 0 saturated heterocycles. The van der Waals surface area contributed by atoms with Crippen molar-refractivity contribution in [2.45, 2.75) is 12.3 Å². The fraction of sp³-hybridized carbons (Fsp3) is 0.364. The summed E-state index contributed by atoms with van der Waals surface area (Å²) in [5.41, 5.74) is 0.134. The first-order chi connectivity index (χ1) is 7.56. The van der Waals surface area contributed by atoms with Crippen molar-refractivity contribution in [3.05, 3.63) is 34.6 Å². The van der Waals surface area contributed by atoms with Gasteiger partial charge in [0.1, 0.15) is 5.82 Å². The number of hydrogen-bond acceptors (Lipinski definition) is 2. The third-order valence-electron chi connectivity index (χ3n) is 2.31. The molecular formula is C11H13ClFNO2. The molecule has 0 fully saturated rings. The second-order valence-corrected chi connectivity index (χ2v) is 3.89. The van der Waals surface area contributed by atoms with Gasteiger partial charge in [-0.05, 0) is 38.2 Å². The molecule has 0 radical (unpaired) electrons. The van der Waals surface area contributed by atoms with Gasteiger partial charge in [0, 0.05) is 10.6 Å². The van der Waals surface area contributed by atoms with E-state index in [0.717, 1.165) is 0 Å². The van der Waals surface area contributed by atoms with E-state index in [9.17, 15) is 9.18 Å². The highest BCUT2D eigenvalue weighted by atomic mass is 35.5. The Bertz CT molecular complexity index is 384. The zero-order valence-electron chi connectivity index (χ0n) is 8.84. The van der Waals surface area contributed by atoms with Crippen molar-refractivity contribution in [3.63, 3.8) is 0 Å². The normalized spacial score (nSPS) is 12.4. The largest absolute Gasteiger partial charge is 0.481 e. The molecule has 0 spiro atoms. The molecule has 1 unspecified atom stereocenters. The van der Waals surface area contributed by atoms with Gasteiger partial charge < -0.3 is 10.4 Å². The minimum Gasteiger partial charge on any atom is -0.481 e. The Hall–Kier alpha value is -1.13. The lowest BCUT2D eigenvalue weighted by atomic mass is 9.95. The van der Waals surface area contributed by atoms with E-state index in [1.807, 2.05) is 0 Å². The lowest BCUT2D eigenvalue weighted by Gasteiger charge is -2.13. The number of nitrogens with one attached hydrogen (secondary N) is 1. The van der Waals surface area contributed by atoms with Gasteiger partial charge in [-0.25, -0.2) is 4.39 Å². The summed E-state index contributed by atoms with van der Waals surface area (Å²) in [4.78, 5) is 11.0. The van der Waals surface area contributed by atoms with Crippen LogP contribution in [0, 0.1) is 5.82 Å². The fourth-order valence-electron chi connectivity index (χ4n) is 1.48. The van der Waals surface area contributed by atoms with E-state index in [4.69, 9.17) is 16.7 Å². The minimum absolute atomic E-state index is 0.134. The van der Waals surface area contributed by atoms with Gasteiger partial charge in [-0.2, -0.15) is 0 Å². The molecule has 0 aromatic heterocycles. The first-order valence-corrected chi connectivity index (χ1v) is 5.26. The molecule has 0 heterocycles. The molecule has 1 aromatic carbocycles. The summed E-state index contributed by atoms with van der Waals surface area (Å²) in [7, 11) is 1.72. The zero-order valence-corrected chi connectivity index (χ0v) is 9.59. The Balaban J connectivity index is 3.00. The van der Waals surface area contributed by atoms with Gasteiger partial charge in [0.2, 0.25) is 0 Å². The van der Waals surface area contributed by atoms with Gasteiger partial charge in [0.15, 0.2) is 0 Å². The van der Waals surface area contributed by atoms with E-state index < -0.39 is 17.7 Å². The van der Waals surface area contributed by atoms with Crippen LogP contribution in [0.25, 0.3) is 0 Å². The molecule has 16 heavy (non-hydrogen) atoms. The first-order valence-electron chi connectivity index (χ1n) is 4.88. The third kappa shape index (κ3) is 3.18. The van der Waals surface area contributed by atoms with Gasteiger partial charge in [0.05, 0.1) is 5.92 Å². The van der Waals surface area contributed by atoms with Crippen molar-refractivity contribution < 1.29 is 14.3 Å². The van der Waals surface area contributed by atoms with Crippen LogP contribution in [0.3, 0.4) is 0 Å². The fourth-order valence-corrected chi connectivity index (χ4v) is 1.66. The minimum atomic E-state index is -1.04. The van der Waals surface area contributed by atoms with Gasteiger partial charge in [-0.1, -0.05) is 11.6 Å². The SMILES string of the molecule is CNCCC(C(=O)O)c1cc(Cl)ccc1F. The van der Waals surface area contributed by atoms with Crippen LogP contribution in [0.4, 0.5) is 4.39 Å². The van der Waals surface area contributed by atoms with Crippen molar-refractivity contribution in [3.8, 4) is 0 Å². The Kier molecular flexibility index (Phi) is 4.71. The second kappa shape index (κ2) is 5.82. The molecular weight excluding hydrogens is 233 g/mol. The molecule has 0 saturated carbocycles. The van der Waals surface area contributed by atoms with Crippen LogP contribution < -0.4 is 5.32 Å². The van der Waals surface area contributed by atoms with E-state index in [-0.39, 0.29) is 5.56 Å². The zero-order chi connectivity index (χ0) is 12.1. The van der Waals surface area contributed by atoms with E-state index in [2.05, 4.69) is 5.32 Å². The summed E-state index contributed by atoms with van der Waals surface area (Å²) >= 11 is 5.72. The molecule has 88 valence electrons. The van der Waals surface area contributed by atoms with Crippen LogP contribution >= 0.6 is 11.6 Å².